The summed E-state index contributed by atoms with van der Waals surface area (Å²) >= 11 is 0. The molecule has 3 rings (SSSR count). The van der Waals surface area contributed by atoms with Crippen LogP contribution in [0.3, 0.4) is 0 Å². The Kier molecular flexibility index (Phi) is 6.36. The first-order valence-electron chi connectivity index (χ1n) is 9.57. The molecule has 1 aliphatic heterocycles. The molecule has 28 heavy (non-hydrogen) atoms. The topological polar surface area (TPSA) is 60.9 Å². The second kappa shape index (κ2) is 8.75. The average molecular weight is 402 g/mol. The number of amides is 1. The van der Waals surface area contributed by atoms with E-state index in [2.05, 4.69) is 11.8 Å². The van der Waals surface area contributed by atoms with E-state index in [4.69, 9.17) is 0 Å². The number of carbonyl (C=O) groups is 1. The van der Waals surface area contributed by atoms with E-state index in [1.807, 2.05) is 19.1 Å². The first-order valence-corrected chi connectivity index (χ1v) is 11.0. The van der Waals surface area contributed by atoms with Crippen LogP contribution in [0.15, 0.2) is 59.5 Å². The van der Waals surface area contributed by atoms with E-state index in [9.17, 15) is 13.2 Å². The van der Waals surface area contributed by atoms with Gasteiger partial charge in [-0.2, -0.15) is 0 Å². The molecule has 6 nitrogen and oxygen atoms in total. The molecule has 0 radical (unpaired) electrons. The zero-order valence-electron chi connectivity index (χ0n) is 16.4. The third-order valence-corrected chi connectivity index (χ3v) is 6.94. The maximum atomic E-state index is 13.3. The minimum Gasteiger partial charge on any atom is -0.339 e. The molecule has 1 heterocycles. The minimum absolute atomic E-state index is 0.168. The lowest BCUT2D eigenvalue weighted by atomic mass is 10.2. The number of anilines is 1. The molecule has 2 aromatic carbocycles. The Morgan fingerprint density at radius 1 is 0.964 bits per heavy atom. The number of benzene rings is 2. The summed E-state index contributed by atoms with van der Waals surface area (Å²) in [4.78, 5) is 17.2. The predicted octanol–water partition coefficient (Wildman–Crippen LogP) is 2.35. The van der Waals surface area contributed by atoms with E-state index >= 15 is 0 Å². The summed E-state index contributed by atoms with van der Waals surface area (Å²) in [6, 6.07) is 15.5. The summed E-state index contributed by atoms with van der Waals surface area (Å²) in [5.41, 5.74) is 1.34. The van der Waals surface area contributed by atoms with Crippen LogP contribution in [0.2, 0.25) is 0 Å². The summed E-state index contributed by atoms with van der Waals surface area (Å²) < 4.78 is 27.9. The number of nitrogens with zero attached hydrogens (tertiary/aromatic N) is 3. The number of aryl methyl sites for hydroxylation is 1. The number of hydrogen-bond donors (Lipinski definition) is 0. The Labute approximate surface area is 167 Å². The molecule has 1 saturated heterocycles. The van der Waals surface area contributed by atoms with Crippen molar-refractivity contribution < 1.29 is 13.2 Å². The largest absolute Gasteiger partial charge is 0.339 e. The number of hydrogen-bond acceptors (Lipinski definition) is 4. The van der Waals surface area contributed by atoms with Crippen LogP contribution in [0.1, 0.15) is 12.5 Å². The fourth-order valence-electron chi connectivity index (χ4n) is 3.40. The third kappa shape index (κ3) is 4.36. The van der Waals surface area contributed by atoms with E-state index in [0.29, 0.717) is 18.8 Å². The highest BCUT2D eigenvalue weighted by Gasteiger charge is 2.30. The third-order valence-electron chi connectivity index (χ3n) is 5.17. The SMILES string of the molecule is CCN1CCN(C(=O)CN(c2ccccc2C)S(=O)(=O)c2ccccc2)CC1. The molecule has 0 unspecified atom stereocenters. The van der Waals surface area contributed by atoms with Gasteiger partial charge in [0.05, 0.1) is 10.6 Å². The number of likely N-dealkylation sites (N-methyl/N-ethyl adjacent to an activating group) is 1. The Bertz CT molecular complexity index is 908. The molecule has 1 aliphatic rings. The van der Waals surface area contributed by atoms with Crippen molar-refractivity contribution >= 4 is 21.6 Å². The Hall–Kier alpha value is -2.38. The first-order chi connectivity index (χ1) is 13.4. The van der Waals surface area contributed by atoms with Crippen LogP contribution in [0.4, 0.5) is 5.69 Å². The smallest absolute Gasteiger partial charge is 0.264 e. The normalized spacial score (nSPS) is 15.4. The van der Waals surface area contributed by atoms with Crippen LogP contribution in [-0.2, 0) is 14.8 Å². The molecule has 0 saturated carbocycles. The quantitative estimate of drug-likeness (QED) is 0.746. The fraction of sp³-hybridized carbons (Fsp3) is 0.381. The lowest BCUT2D eigenvalue weighted by molar-refractivity contribution is -0.131. The summed E-state index contributed by atoms with van der Waals surface area (Å²) in [6.07, 6.45) is 0. The summed E-state index contributed by atoms with van der Waals surface area (Å²) in [5, 5.41) is 0. The zero-order valence-corrected chi connectivity index (χ0v) is 17.2. The van der Waals surface area contributed by atoms with Crippen molar-refractivity contribution in [2.75, 3.05) is 43.6 Å². The molecule has 7 heteroatoms. The van der Waals surface area contributed by atoms with Gasteiger partial charge in [0.1, 0.15) is 6.54 Å². The van der Waals surface area contributed by atoms with Crippen LogP contribution in [0, 0.1) is 6.92 Å². The van der Waals surface area contributed by atoms with Crippen molar-refractivity contribution in [2.45, 2.75) is 18.7 Å². The van der Waals surface area contributed by atoms with Gasteiger partial charge in [-0.3, -0.25) is 9.10 Å². The van der Waals surface area contributed by atoms with Crippen molar-refractivity contribution in [2.24, 2.45) is 0 Å². The van der Waals surface area contributed by atoms with Crippen LogP contribution in [0.5, 0.6) is 0 Å². The minimum atomic E-state index is -3.85. The fourth-order valence-corrected chi connectivity index (χ4v) is 4.90. The standard InChI is InChI=1S/C21H27N3O3S/c1-3-22-13-15-23(16-14-22)21(25)17-24(20-12-8-7-9-18(20)2)28(26,27)19-10-5-4-6-11-19/h4-12H,3,13-17H2,1-2H3. The number of para-hydroxylation sites is 1. The highest BCUT2D eigenvalue weighted by Crippen LogP contribution is 2.26. The number of sulfonamides is 1. The average Bonchev–Trinajstić information content (AvgIpc) is 2.73. The molecule has 0 spiro atoms. The molecular formula is C21H27N3O3S. The van der Waals surface area contributed by atoms with E-state index < -0.39 is 10.0 Å². The van der Waals surface area contributed by atoms with Crippen LogP contribution < -0.4 is 4.31 Å². The van der Waals surface area contributed by atoms with Gasteiger partial charge in [-0.15, -0.1) is 0 Å². The number of carbonyl (C=O) groups excluding carboxylic acids is 1. The molecule has 0 atom stereocenters. The summed E-state index contributed by atoms with van der Waals surface area (Å²) in [6.45, 7) is 7.60. The molecule has 2 aromatic rings. The molecule has 1 amide bonds. The van der Waals surface area contributed by atoms with Crippen molar-refractivity contribution in [3.63, 3.8) is 0 Å². The van der Waals surface area contributed by atoms with E-state index in [0.717, 1.165) is 25.2 Å². The highest BCUT2D eigenvalue weighted by atomic mass is 32.2. The first kappa shape index (κ1) is 20.4. The molecule has 0 bridgehead atoms. The Morgan fingerprint density at radius 3 is 2.18 bits per heavy atom. The summed E-state index contributed by atoms with van der Waals surface area (Å²) in [7, 11) is -3.85. The molecule has 0 aromatic heterocycles. The molecular weight excluding hydrogens is 374 g/mol. The maximum Gasteiger partial charge on any atom is 0.264 e. The van der Waals surface area contributed by atoms with Crippen molar-refractivity contribution in [1.29, 1.82) is 0 Å². The van der Waals surface area contributed by atoms with Crippen molar-refractivity contribution in [1.82, 2.24) is 9.80 Å². The van der Waals surface area contributed by atoms with Crippen LogP contribution in [-0.4, -0.2) is 63.4 Å². The van der Waals surface area contributed by atoms with Crippen molar-refractivity contribution in [3.8, 4) is 0 Å². The van der Waals surface area contributed by atoms with Gasteiger partial charge < -0.3 is 9.80 Å². The second-order valence-electron chi connectivity index (χ2n) is 6.93. The summed E-state index contributed by atoms with van der Waals surface area (Å²) in [5.74, 6) is -0.168. The van der Waals surface area contributed by atoms with Gasteiger partial charge in [0.15, 0.2) is 0 Å². The van der Waals surface area contributed by atoms with E-state index in [1.165, 1.54) is 4.31 Å². The lowest BCUT2D eigenvalue weighted by Crippen LogP contribution is -2.51. The predicted molar refractivity (Wildman–Crippen MR) is 111 cm³/mol. The number of rotatable bonds is 6. The Morgan fingerprint density at radius 2 is 1.57 bits per heavy atom. The van der Waals surface area contributed by atoms with E-state index in [-0.39, 0.29) is 17.3 Å². The van der Waals surface area contributed by atoms with Gasteiger partial charge in [-0.25, -0.2) is 8.42 Å². The maximum absolute atomic E-state index is 13.3. The second-order valence-corrected chi connectivity index (χ2v) is 8.79. The van der Waals surface area contributed by atoms with Gasteiger partial charge in [0, 0.05) is 26.2 Å². The molecule has 150 valence electrons. The number of piperazine rings is 1. The molecule has 1 fully saturated rings. The van der Waals surface area contributed by atoms with Crippen LogP contribution >= 0.6 is 0 Å². The monoisotopic (exact) mass is 401 g/mol. The Balaban J connectivity index is 1.90. The lowest BCUT2D eigenvalue weighted by Gasteiger charge is -2.35. The molecule has 0 aliphatic carbocycles. The van der Waals surface area contributed by atoms with E-state index in [1.54, 1.807) is 47.4 Å². The zero-order chi connectivity index (χ0) is 20.1. The molecule has 0 N–H and O–H groups in total. The van der Waals surface area contributed by atoms with Crippen molar-refractivity contribution in [3.05, 3.63) is 60.2 Å². The van der Waals surface area contributed by atoms with Gasteiger partial charge in [0.2, 0.25) is 5.91 Å². The van der Waals surface area contributed by atoms with Gasteiger partial charge in [-0.05, 0) is 37.2 Å². The van der Waals surface area contributed by atoms with Gasteiger partial charge in [0.25, 0.3) is 10.0 Å². The highest BCUT2D eigenvalue weighted by molar-refractivity contribution is 7.92. The van der Waals surface area contributed by atoms with Gasteiger partial charge in [-0.1, -0.05) is 43.3 Å². The van der Waals surface area contributed by atoms with Crippen LogP contribution in [0.25, 0.3) is 0 Å². The van der Waals surface area contributed by atoms with Gasteiger partial charge >= 0.3 is 0 Å².